The molecule has 0 saturated heterocycles. The van der Waals surface area contributed by atoms with E-state index < -0.39 is 0 Å². The lowest BCUT2D eigenvalue weighted by atomic mass is 10.2. The van der Waals surface area contributed by atoms with Crippen LogP contribution < -0.4 is 0 Å². The minimum absolute atomic E-state index is 0.632. The van der Waals surface area contributed by atoms with Crippen molar-refractivity contribution in [2.24, 2.45) is 0 Å². The molecular formula is C18H14ClN5S. The van der Waals surface area contributed by atoms with Crippen molar-refractivity contribution in [1.29, 1.82) is 0 Å². The molecule has 0 amide bonds. The van der Waals surface area contributed by atoms with Crippen molar-refractivity contribution in [3.8, 4) is 0 Å². The van der Waals surface area contributed by atoms with Crippen molar-refractivity contribution in [1.82, 2.24) is 25.0 Å². The lowest BCUT2D eigenvalue weighted by Gasteiger charge is -2.03. The Morgan fingerprint density at radius 2 is 1.80 bits per heavy atom. The van der Waals surface area contributed by atoms with Gasteiger partial charge in [0, 0.05) is 10.8 Å². The molecule has 0 fully saturated rings. The van der Waals surface area contributed by atoms with E-state index in [0.29, 0.717) is 6.54 Å². The molecule has 2 aromatic carbocycles. The van der Waals surface area contributed by atoms with Crippen LogP contribution in [0.2, 0.25) is 5.02 Å². The second kappa shape index (κ2) is 7.21. The lowest BCUT2D eigenvalue weighted by Crippen LogP contribution is -2.02. The average molecular weight is 368 g/mol. The molecule has 7 heteroatoms. The Morgan fingerprint density at radius 1 is 0.960 bits per heavy atom. The minimum Gasteiger partial charge on any atom is -0.227 e. The van der Waals surface area contributed by atoms with Crippen LogP contribution in [-0.4, -0.2) is 25.0 Å². The van der Waals surface area contributed by atoms with E-state index in [1.54, 1.807) is 22.8 Å². The molecule has 0 bridgehead atoms. The summed E-state index contributed by atoms with van der Waals surface area (Å²) in [5, 5.41) is 10.1. The quantitative estimate of drug-likeness (QED) is 0.390. The van der Waals surface area contributed by atoms with Crippen LogP contribution in [-0.2, 0) is 12.3 Å². The molecule has 0 N–H and O–H groups in total. The number of rotatable bonds is 5. The molecule has 0 spiro atoms. The molecule has 4 rings (SSSR count). The van der Waals surface area contributed by atoms with Gasteiger partial charge in [0.05, 0.1) is 6.54 Å². The van der Waals surface area contributed by atoms with Crippen LogP contribution in [0.1, 0.15) is 11.1 Å². The fourth-order valence-corrected chi connectivity index (χ4v) is 3.60. The molecule has 0 saturated carbocycles. The largest absolute Gasteiger partial charge is 0.227 e. The van der Waals surface area contributed by atoms with Crippen LogP contribution in [0.4, 0.5) is 0 Å². The predicted octanol–water partition coefficient (Wildman–Crippen LogP) is 4.22. The Balaban J connectivity index is 1.58. The topological polar surface area (TPSA) is 56.5 Å². The second-order valence-corrected chi connectivity index (χ2v) is 6.90. The summed E-state index contributed by atoms with van der Waals surface area (Å²) in [6.45, 7) is 0.632. The SMILES string of the molecule is Clc1cccc(CSc2ncnc3c2nnn3Cc2ccccc2)c1. The van der Waals surface area contributed by atoms with Gasteiger partial charge in [0.1, 0.15) is 11.4 Å². The molecule has 124 valence electrons. The zero-order valence-electron chi connectivity index (χ0n) is 13.2. The van der Waals surface area contributed by atoms with Crippen molar-refractivity contribution in [2.75, 3.05) is 0 Å². The summed E-state index contributed by atoms with van der Waals surface area (Å²) in [5.41, 5.74) is 3.76. The molecule has 2 heterocycles. The normalized spacial score (nSPS) is 11.1. The summed E-state index contributed by atoms with van der Waals surface area (Å²) in [6, 6.07) is 18.0. The van der Waals surface area contributed by atoms with Crippen LogP contribution in [0.25, 0.3) is 11.2 Å². The molecular weight excluding hydrogens is 354 g/mol. The van der Waals surface area contributed by atoms with Crippen LogP contribution >= 0.6 is 23.4 Å². The highest BCUT2D eigenvalue weighted by Gasteiger charge is 2.12. The molecule has 0 aliphatic carbocycles. The van der Waals surface area contributed by atoms with Crippen LogP contribution in [0.15, 0.2) is 66.0 Å². The molecule has 0 aliphatic rings. The first-order valence-corrected chi connectivity index (χ1v) is 9.11. The summed E-state index contributed by atoms with van der Waals surface area (Å²) in [4.78, 5) is 8.73. The van der Waals surface area contributed by atoms with Crippen LogP contribution in [0, 0.1) is 0 Å². The molecule has 0 atom stereocenters. The van der Waals surface area contributed by atoms with Gasteiger partial charge in [0.25, 0.3) is 0 Å². The maximum atomic E-state index is 6.04. The number of nitrogens with zero attached hydrogens (tertiary/aromatic N) is 5. The number of aromatic nitrogens is 5. The maximum absolute atomic E-state index is 6.04. The monoisotopic (exact) mass is 367 g/mol. The van der Waals surface area contributed by atoms with E-state index in [0.717, 1.165) is 38.1 Å². The van der Waals surface area contributed by atoms with E-state index in [9.17, 15) is 0 Å². The average Bonchev–Trinajstić information content (AvgIpc) is 3.04. The molecule has 0 radical (unpaired) electrons. The van der Waals surface area contributed by atoms with Gasteiger partial charge in [-0.2, -0.15) is 0 Å². The number of thioether (sulfide) groups is 1. The van der Waals surface area contributed by atoms with E-state index in [2.05, 4.69) is 32.4 Å². The highest BCUT2D eigenvalue weighted by atomic mass is 35.5. The number of fused-ring (bicyclic) bond motifs is 1. The number of benzene rings is 2. The molecule has 25 heavy (non-hydrogen) atoms. The second-order valence-electron chi connectivity index (χ2n) is 5.50. The summed E-state index contributed by atoms with van der Waals surface area (Å²) < 4.78 is 1.80. The third-order valence-corrected chi connectivity index (χ3v) is 4.99. The summed E-state index contributed by atoms with van der Waals surface area (Å²) in [5.74, 6) is 0.762. The third-order valence-electron chi connectivity index (χ3n) is 3.71. The van der Waals surface area contributed by atoms with E-state index in [4.69, 9.17) is 11.6 Å². The Kier molecular flexibility index (Phi) is 4.63. The highest BCUT2D eigenvalue weighted by molar-refractivity contribution is 7.98. The Labute approximate surface area is 154 Å². The molecule has 0 aliphatic heterocycles. The van der Waals surface area contributed by atoms with Crippen molar-refractivity contribution in [3.63, 3.8) is 0 Å². The van der Waals surface area contributed by atoms with Gasteiger partial charge < -0.3 is 0 Å². The van der Waals surface area contributed by atoms with Gasteiger partial charge >= 0.3 is 0 Å². The number of hydrogen-bond donors (Lipinski definition) is 0. The zero-order chi connectivity index (χ0) is 17.1. The Bertz CT molecular complexity index is 1000. The van der Waals surface area contributed by atoms with E-state index in [1.807, 2.05) is 42.5 Å². The highest BCUT2D eigenvalue weighted by Crippen LogP contribution is 2.26. The van der Waals surface area contributed by atoms with Gasteiger partial charge in [-0.3, -0.25) is 0 Å². The Morgan fingerprint density at radius 3 is 2.64 bits per heavy atom. The first-order chi connectivity index (χ1) is 12.3. The summed E-state index contributed by atoms with van der Waals surface area (Å²) in [6.07, 6.45) is 1.56. The van der Waals surface area contributed by atoms with Crippen molar-refractivity contribution < 1.29 is 0 Å². The third kappa shape index (κ3) is 3.65. The fourth-order valence-electron chi connectivity index (χ4n) is 2.52. The van der Waals surface area contributed by atoms with E-state index in [-0.39, 0.29) is 0 Å². The molecule has 4 aromatic rings. The first-order valence-electron chi connectivity index (χ1n) is 7.75. The molecule has 0 unspecified atom stereocenters. The van der Waals surface area contributed by atoms with Crippen LogP contribution in [0.5, 0.6) is 0 Å². The van der Waals surface area contributed by atoms with Crippen molar-refractivity contribution >= 4 is 34.5 Å². The first kappa shape index (κ1) is 16.1. The van der Waals surface area contributed by atoms with Gasteiger partial charge in [-0.25, -0.2) is 14.6 Å². The minimum atomic E-state index is 0.632. The fraction of sp³-hybridized carbons (Fsp3) is 0.111. The number of hydrogen-bond acceptors (Lipinski definition) is 5. The van der Waals surface area contributed by atoms with Crippen LogP contribution in [0.3, 0.4) is 0 Å². The summed E-state index contributed by atoms with van der Waals surface area (Å²) >= 11 is 7.65. The lowest BCUT2D eigenvalue weighted by molar-refractivity contribution is 0.664. The van der Waals surface area contributed by atoms with E-state index in [1.165, 1.54) is 0 Å². The smallest absolute Gasteiger partial charge is 0.183 e. The van der Waals surface area contributed by atoms with Gasteiger partial charge in [-0.15, -0.1) is 5.10 Å². The number of halogens is 1. The zero-order valence-corrected chi connectivity index (χ0v) is 14.8. The predicted molar refractivity (Wildman–Crippen MR) is 99.7 cm³/mol. The van der Waals surface area contributed by atoms with Crippen molar-refractivity contribution in [3.05, 3.63) is 77.1 Å². The van der Waals surface area contributed by atoms with Gasteiger partial charge in [-0.05, 0) is 23.3 Å². The van der Waals surface area contributed by atoms with Gasteiger partial charge in [0.15, 0.2) is 11.2 Å². The van der Waals surface area contributed by atoms with Gasteiger partial charge in [-0.1, -0.05) is 71.0 Å². The summed E-state index contributed by atoms with van der Waals surface area (Å²) in [7, 11) is 0. The molecule has 2 aromatic heterocycles. The Hall–Kier alpha value is -2.44. The van der Waals surface area contributed by atoms with Gasteiger partial charge in [0.2, 0.25) is 0 Å². The van der Waals surface area contributed by atoms with E-state index >= 15 is 0 Å². The molecule has 5 nitrogen and oxygen atoms in total. The standard InChI is InChI=1S/C18H14ClN5S/c19-15-8-4-7-14(9-15)11-25-18-16-17(20-12-21-18)24(23-22-16)10-13-5-2-1-3-6-13/h1-9,12H,10-11H2. The van der Waals surface area contributed by atoms with Crippen molar-refractivity contribution in [2.45, 2.75) is 17.3 Å². The maximum Gasteiger partial charge on any atom is 0.183 e.